The lowest BCUT2D eigenvalue weighted by Crippen LogP contribution is -2.36. The maximum Gasteiger partial charge on any atom is 0.261 e. The first-order chi connectivity index (χ1) is 9.66. The predicted molar refractivity (Wildman–Crippen MR) is 77.6 cm³/mol. The Balaban J connectivity index is 3.05. The first-order valence-corrected chi connectivity index (χ1v) is 8.61. The summed E-state index contributed by atoms with van der Waals surface area (Å²) in [6.07, 6.45) is 0. The minimum atomic E-state index is -4.05. The van der Waals surface area contributed by atoms with E-state index in [9.17, 15) is 17.6 Å². The molecule has 0 bridgehead atoms. The van der Waals surface area contributed by atoms with Crippen molar-refractivity contribution >= 4 is 25.6 Å². The zero-order valence-corrected chi connectivity index (χ0v) is 13.5. The van der Waals surface area contributed by atoms with Gasteiger partial charge in [0.05, 0.1) is 17.1 Å². The smallest absolute Gasteiger partial charge is 0.261 e. The van der Waals surface area contributed by atoms with Crippen LogP contribution in [-0.4, -0.2) is 33.6 Å². The highest BCUT2D eigenvalue weighted by Crippen LogP contribution is 2.23. The van der Waals surface area contributed by atoms with Gasteiger partial charge in [0.1, 0.15) is 5.82 Å². The van der Waals surface area contributed by atoms with Crippen molar-refractivity contribution in [3.05, 3.63) is 29.1 Å². The molecule has 0 aliphatic heterocycles. The lowest BCUT2D eigenvalue weighted by atomic mass is 10.1. The lowest BCUT2D eigenvalue weighted by molar-refractivity contribution is 0.0868. The monoisotopic (exact) mass is 337 g/mol. The van der Waals surface area contributed by atoms with E-state index in [0.717, 1.165) is 12.1 Å². The number of rotatable bonds is 6. The van der Waals surface area contributed by atoms with E-state index in [2.05, 4.69) is 5.32 Å². The number of amides is 1. The van der Waals surface area contributed by atoms with E-state index < -0.39 is 20.8 Å². The van der Waals surface area contributed by atoms with Crippen LogP contribution in [0.25, 0.3) is 0 Å². The van der Waals surface area contributed by atoms with Crippen LogP contribution in [0.3, 0.4) is 0 Å². The third-order valence-corrected chi connectivity index (χ3v) is 4.19. The van der Waals surface area contributed by atoms with Crippen LogP contribution in [-0.2, 0) is 13.8 Å². The third-order valence-electron chi connectivity index (χ3n) is 2.72. The molecule has 1 atom stereocenters. The van der Waals surface area contributed by atoms with Crippen LogP contribution in [0.15, 0.2) is 17.0 Å². The fourth-order valence-electron chi connectivity index (χ4n) is 1.73. The van der Waals surface area contributed by atoms with Gasteiger partial charge in [-0.3, -0.25) is 4.79 Å². The maximum absolute atomic E-state index is 13.8. The fraction of sp³-hybridized carbons (Fsp3) is 0.462. The van der Waals surface area contributed by atoms with Gasteiger partial charge in [0.2, 0.25) is 0 Å². The molecule has 21 heavy (non-hydrogen) atoms. The van der Waals surface area contributed by atoms with Gasteiger partial charge in [-0.15, -0.1) is 0 Å². The Labute approximate surface area is 127 Å². The Bertz CT molecular complexity index is 633. The van der Waals surface area contributed by atoms with Gasteiger partial charge in [0.25, 0.3) is 15.0 Å². The van der Waals surface area contributed by atoms with Crippen LogP contribution in [0.4, 0.5) is 4.39 Å². The van der Waals surface area contributed by atoms with Crippen molar-refractivity contribution in [2.45, 2.75) is 31.7 Å². The molecule has 0 fully saturated rings. The summed E-state index contributed by atoms with van der Waals surface area (Å²) in [5.41, 5.74) is -0.232. The Kier molecular flexibility index (Phi) is 6.12. The van der Waals surface area contributed by atoms with Gasteiger partial charge in [-0.25, -0.2) is 12.8 Å². The highest BCUT2D eigenvalue weighted by atomic mass is 35.7. The first kappa shape index (κ1) is 17.9. The molecule has 0 heterocycles. The summed E-state index contributed by atoms with van der Waals surface area (Å²) in [7, 11) is 1.22. The number of hydrogen-bond acceptors (Lipinski definition) is 4. The standard InChI is InChI=1S/C13H17ClFNO4S/c1-4-20-7-9(3)16-13(17)10-6-12(21(14,18)19)8(2)5-11(10)15/h5-6,9H,4,7H2,1-3H3,(H,16,17). The Morgan fingerprint density at radius 2 is 2.10 bits per heavy atom. The quantitative estimate of drug-likeness (QED) is 0.808. The van der Waals surface area contributed by atoms with E-state index in [-0.39, 0.29) is 28.7 Å². The largest absolute Gasteiger partial charge is 0.380 e. The van der Waals surface area contributed by atoms with Gasteiger partial charge >= 0.3 is 0 Å². The van der Waals surface area contributed by atoms with Crippen LogP contribution >= 0.6 is 10.7 Å². The number of benzene rings is 1. The van der Waals surface area contributed by atoms with Gasteiger partial charge in [-0.2, -0.15) is 0 Å². The molecule has 5 nitrogen and oxygen atoms in total. The zero-order chi connectivity index (χ0) is 16.2. The number of ether oxygens (including phenoxy) is 1. The highest BCUT2D eigenvalue weighted by molar-refractivity contribution is 8.13. The normalized spacial score (nSPS) is 13.0. The molecule has 1 rings (SSSR count). The Morgan fingerprint density at radius 1 is 1.48 bits per heavy atom. The fourth-order valence-corrected chi connectivity index (χ4v) is 2.93. The van der Waals surface area contributed by atoms with Crippen molar-refractivity contribution in [2.24, 2.45) is 0 Å². The van der Waals surface area contributed by atoms with Crippen LogP contribution < -0.4 is 5.32 Å². The van der Waals surface area contributed by atoms with Crippen molar-refractivity contribution in [2.75, 3.05) is 13.2 Å². The third kappa shape index (κ3) is 4.94. The molecule has 0 aliphatic rings. The molecule has 0 aromatic heterocycles. The molecule has 118 valence electrons. The van der Waals surface area contributed by atoms with E-state index >= 15 is 0 Å². The molecule has 1 N–H and O–H groups in total. The van der Waals surface area contributed by atoms with E-state index in [0.29, 0.717) is 6.61 Å². The molecular formula is C13H17ClFNO4S. The van der Waals surface area contributed by atoms with Gasteiger partial charge in [-0.05, 0) is 38.5 Å². The molecule has 8 heteroatoms. The van der Waals surface area contributed by atoms with E-state index in [4.69, 9.17) is 15.4 Å². The van der Waals surface area contributed by atoms with Crippen molar-refractivity contribution in [1.82, 2.24) is 5.32 Å². The summed E-state index contributed by atoms with van der Waals surface area (Å²) < 4.78 is 41.8. The molecule has 0 spiro atoms. The van der Waals surface area contributed by atoms with Gasteiger partial charge in [-0.1, -0.05) is 0 Å². The van der Waals surface area contributed by atoms with Crippen LogP contribution in [0, 0.1) is 12.7 Å². The van der Waals surface area contributed by atoms with E-state index in [1.54, 1.807) is 6.92 Å². The molecule has 1 aromatic rings. The number of nitrogens with one attached hydrogen (secondary N) is 1. The summed E-state index contributed by atoms with van der Waals surface area (Å²) in [5, 5.41) is 2.53. The van der Waals surface area contributed by atoms with E-state index in [1.165, 1.54) is 6.92 Å². The molecule has 0 aliphatic carbocycles. The Morgan fingerprint density at radius 3 is 2.62 bits per heavy atom. The summed E-state index contributed by atoms with van der Waals surface area (Å²) in [6, 6.07) is 1.57. The first-order valence-electron chi connectivity index (χ1n) is 6.30. The van der Waals surface area contributed by atoms with Gasteiger partial charge in [0, 0.05) is 23.3 Å². The molecule has 0 saturated carbocycles. The van der Waals surface area contributed by atoms with E-state index in [1.807, 2.05) is 6.92 Å². The lowest BCUT2D eigenvalue weighted by Gasteiger charge is -2.14. The number of hydrogen-bond donors (Lipinski definition) is 1. The summed E-state index contributed by atoms with van der Waals surface area (Å²) in [5.74, 6) is -1.53. The SMILES string of the molecule is CCOCC(C)NC(=O)c1cc(S(=O)(=O)Cl)c(C)cc1F. The zero-order valence-electron chi connectivity index (χ0n) is 11.9. The summed E-state index contributed by atoms with van der Waals surface area (Å²) >= 11 is 0. The summed E-state index contributed by atoms with van der Waals surface area (Å²) in [4.78, 5) is 11.7. The number of carbonyl (C=O) groups is 1. The number of aryl methyl sites for hydroxylation is 1. The van der Waals surface area contributed by atoms with Crippen molar-refractivity contribution < 1.29 is 22.3 Å². The maximum atomic E-state index is 13.8. The molecular weight excluding hydrogens is 321 g/mol. The molecule has 1 unspecified atom stereocenters. The number of halogens is 2. The second-order valence-corrected chi connectivity index (χ2v) is 7.10. The van der Waals surface area contributed by atoms with Gasteiger partial charge in [0.15, 0.2) is 0 Å². The summed E-state index contributed by atoms with van der Waals surface area (Å²) in [6.45, 7) is 5.67. The molecule has 0 radical (unpaired) electrons. The van der Waals surface area contributed by atoms with Crippen LogP contribution in [0.5, 0.6) is 0 Å². The second-order valence-electron chi connectivity index (χ2n) is 4.57. The minimum absolute atomic E-state index is 0.140. The highest BCUT2D eigenvalue weighted by Gasteiger charge is 2.21. The van der Waals surface area contributed by atoms with Crippen molar-refractivity contribution in [3.8, 4) is 0 Å². The Hall–Kier alpha value is -1.18. The average Bonchev–Trinajstić information content (AvgIpc) is 2.34. The van der Waals surface area contributed by atoms with Gasteiger partial charge < -0.3 is 10.1 Å². The van der Waals surface area contributed by atoms with Crippen LogP contribution in [0.1, 0.15) is 29.8 Å². The molecule has 0 saturated heterocycles. The minimum Gasteiger partial charge on any atom is -0.380 e. The topological polar surface area (TPSA) is 72.5 Å². The van der Waals surface area contributed by atoms with Crippen LogP contribution in [0.2, 0.25) is 0 Å². The van der Waals surface area contributed by atoms with Crippen molar-refractivity contribution in [3.63, 3.8) is 0 Å². The average molecular weight is 338 g/mol. The second kappa shape index (κ2) is 7.20. The van der Waals surface area contributed by atoms with Crippen molar-refractivity contribution in [1.29, 1.82) is 0 Å². The predicted octanol–water partition coefficient (Wildman–Crippen LogP) is 2.22. The molecule has 1 aromatic carbocycles. The molecule has 1 amide bonds. The number of carbonyl (C=O) groups excluding carboxylic acids is 1.